The summed E-state index contributed by atoms with van der Waals surface area (Å²) in [5.41, 5.74) is 1.92. The lowest BCUT2D eigenvalue weighted by Crippen LogP contribution is -2.29. The van der Waals surface area contributed by atoms with E-state index in [0.29, 0.717) is 5.92 Å². The summed E-state index contributed by atoms with van der Waals surface area (Å²) in [6.45, 7) is 4.12. The average molecular weight is 231 g/mol. The van der Waals surface area contributed by atoms with Gasteiger partial charge in [-0.1, -0.05) is 32.0 Å². The number of carbonyl (C=O) groups excluding carboxylic acids is 1. The van der Waals surface area contributed by atoms with Crippen LogP contribution in [0, 0.1) is 5.92 Å². The van der Waals surface area contributed by atoms with Crippen molar-refractivity contribution in [1.82, 2.24) is 0 Å². The fourth-order valence-corrected chi connectivity index (χ4v) is 1.81. The van der Waals surface area contributed by atoms with E-state index in [1.807, 2.05) is 30.3 Å². The maximum Gasteiger partial charge on any atom is 0.332 e. The Bertz CT molecular complexity index is 423. The lowest BCUT2D eigenvalue weighted by molar-refractivity contribution is -0.146. The van der Waals surface area contributed by atoms with Gasteiger partial charge in [-0.05, 0) is 18.1 Å². The molecule has 1 atom stereocenters. The van der Waals surface area contributed by atoms with Crippen molar-refractivity contribution in [2.45, 2.75) is 26.4 Å². The van der Waals surface area contributed by atoms with Gasteiger partial charge in [-0.2, -0.15) is 0 Å². The van der Waals surface area contributed by atoms with Gasteiger partial charge >= 0.3 is 5.97 Å². The third-order valence-electron chi connectivity index (χ3n) is 2.80. The van der Waals surface area contributed by atoms with Crippen LogP contribution in [-0.2, 0) is 9.53 Å². The molecule has 1 aliphatic heterocycles. The highest BCUT2D eigenvalue weighted by molar-refractivity contribution is 5.84. The molecule has 0 spiro atoms. The molecule has 17 heavy (non-hydrogen) atoms. The molecule has 3 heteroatoms. The van der Waals surface area contributed by atoms with Gasteiger partial charge in [-0.25, -0.2) is 4.79 Å². The number of benzene rings is 1. The average Bonchev–Trinajstić information content (AvgIpc) is 2.29. The molecule has 1 unspecified atom stereocenters. The summed E-state index contributed by atoms with van der Waals surface area (Å²) in [5, 5.41) is 3.26. The largest absolute Gasteiger partial charge is 0.458 e. The molecule has 0 aromatic heterocycles. The Hall–Kier alpha value is -1.77. The summed E-state index contributed by atoms with van der Waals surface area (Å²) in [6.07, 6.45) is 2.25. The second kappa shape index (κ2) is 5.04. The Balaban J connectivity index is 2.08. The number of para-hydroxylation sites is 1. The van der Waals surface area contributed by atoms with E-state index in [1.54, 1.807) is 0 Å². The SMILES string of the molecule is CC(C)C1CC(Nc2ccccc2)=CC(=O)O1. The third-order valence-corrected chi connectivity index (χ3v) is 2.80. The second-order valence-corrected chi connectivity index (χ2v) is 4.58. The van der Waals surface area contributed by atoms with Crippen LogP contribution in [0.15, 0.2) is 42.1 Å². The van der Waals surface area contributed by atoms with Gasteiger partial charge in [-0.3, -0.25) is 0 Å². The van der Waals surface area contributed by atoms with Gasteiger partial charge in [-0.15, -0.1) is 0 Å². The van der Waals surface area contributed by atoms with E-state index >= 15 is 0 Å². The number of hydrogen-bond donors (Lipinski definition) is 1. The van der Waals surface area contributed by atoms with Gasteiger partial charge in [0.1, 0.15) is 6.10 Å². The van der Waals surface area contributed by atoms with E-state index in [4.69, 9.17) is 4.74 Å². The van der Waals surface area contributed by atoms with Crippen LogP contribution in [0.1, 0.15) is 20.3 Å². The lowest BCUT2D eigenvalue weighted by Gasteiger charge is -2.26. The maximum atomic E-state index is 11.4. The van der Waals surface area contributed by atoms with Crippen LogP contribution in [0.2, 0.25) is 0 Å². The van der Waals surface area contributed by atoms with Crippen LogP contribution in [0.3, 0.4) is 0 Å². The number of anilines is 1. The zero-order chi connectivity index (χ0) is 12.3. The van der Waals surface area contributed by atoms with Crippen LogP contribution < -0.4 is 5.32 Å². The molecule has 0 fully saturated rings. The lowest BCUT2D eigenvalue weighted by atomic mass is 10.00. The number of nitrogens with one attached hydrogen (secondary N) is 1. The molecule has 0 amide bonds. The Kier molecular flexibility index (Phi) is 3.47. The number of ether oxygens (including phenoxy) is 1. The predicted molar refractivity (Wildman–Crippen MR) is 67.5 cm³/mol. The van der Waals surface area contributed by atoms with Gasteiger partial charge in [0.25, 0.3) is 0 Å². The predicted octanol–water partition coefficient (Wildman–Crippen LogP) is 2.95. The second-order valence-electron chi connectivity index (χ2n) is 4.58. The van der Waals surface area contributed by atoms with Crippen molar-refractivity contribution in [3.05, 3.63) is 42.1 Å². The van der Waals surface area contributed by atoms with Crippen LogP contribution in [0.25, 0.3) is 0 Å². The van der Waals surface area contributed by atoms with Crippen molar-refractivity contribution in [3.8, 4) is 0 Å². The number of hydrogen-bond acceptors (Lipinski definition) is 3. The van der Waals surface area contributed by atoms with Gasteiger partial charge in [0, 0.05) is 23.9 Å². The van der Waals surface area contributed by atoms with Gasteiger partial charge in [0.2, 0.25) is 0 Å². The molecule has 0 saturated carbocycles. The molecule has 2 rings (SSSR count). The molecule has 1 aromatic carbocycles. The van der Waals surface area contributed by atoms with E-state index in [-0.39, 0.29) is 12.1 Å². The number of esters is 1. The minimum absolute atomic E-state index is 0.0290. The van der Waals surface area contributed by atoms with E-state index in [2.05, 4.69) is 19.2 Å². The number of cyclic esters (lactones) is 1. The molecule has 3 nitrogen and oxygen atoms in total. The summed E-state index contributed by atoms with van der Waals surface area (Å²) in [7, 11) is 0. The summed E-state index contributed by atoms with van der Waals surface area (Å²) < 4.78 is 5.26. The minimum atomic E-state index is -0.256. The van der Waals surface area contributed by atoms with Crippen molar-refractivity contribution < 1.29 is 9.53 Å². The van der Waals surface area contributed by atoms with E-state index in [1.165, 1.54) is 6.08 Å². The monoisotopic (exact) mass is 231 g/mol. The molecule has 1 N–H and O–H groups in total. The normalized spacial score (nSPS) is 19.8. The first-order valence-corrected chi connectivity index (χ1v) is 5.88. The number of rotatable bonds is 3. The first-order chi connectivity index (χ1) is 8.15. The van der Waals surface area contributed by atoms with Crippen molar-refractivity contribution in [2.75, 3.05) is 5.32 Å². The molecule has 0 saturated heterocycles. The molecule has 0 aliphatic carbocycles. The van der Waals surface area contributed by atoms with Crippen molar-refractivity contribution >= 4 is 11.7 Å². The zero-order valence-corrected chi connectivity index (χ0v) is 10.1. The zero-order valence-electron chi connectivity index (χ0n) is 10.1. The van der Waals surface area contributed by atoms with Gasteiger partial charge in [0.15, 0.2) is 0 Å². The first-order valence-electron chi connectivity index (χ1n) is 5.88. The van der Waals surface area contributed by atoms with Crippen LogP contribution >= 0.6 is 0 Å². The van der Waals surface area contributed by atoms with Gasteiger partial charge in [0.05, 0.1) is 0 Å². The standard InChI is InChI=1S/C14H17NO2/c1-10(2)13-8-12(9-14(16)17-13)15-11-6-4-3-5-7-11/h3-7,9-10,13,15H,8H2,1-2H3. The minimum Gasteiger partial charge on any atom is -0.458 e. The molecule has 1 heterocycles. The molecule has 1 aromatic rings. The van der Waals surface area contributed by atoms with Crippen LogP contribution in [0.5, 0.6) is 0 Å². The van der Waals surface area contributed by atoms with Gasteiger partial charge < -0.3 is 10.1 Å². The summed E-state index contributed by atoms with van der Waals surface area (Å²) in [4.78, 5) is 11.4. The van der Waals surface area contributed by atoms with E-state index < -0.39 is 0 Å². The van der Waals surface area contributed by atoms with E-state index in [9.17, 15) is 4.79 Å². The van der Waals surface area contributed by atoms with Crippen molar-refractivity contribution in [3.63, 3.8) is 0 Å². The maximum absolute atomic E-state index is 11.4. The summed E-state index contributed by atoms with van der Waals surface area (Å²) in [6, 6.07) is 9.84. The highest BCUT2D eigenvalue weighted by Crippen LogP contribution is 2.22. The van der Waals surface area contributed by atoms with Crippen molar-refractivity contribution in [1.29, 1.82) is 0 Å². The smallest absolute Gasteiger partial charge is 0.332 e. The summed E-state index contributed by atoms with van der Waals surface area (Å²) >= 11 is 0. The fraction of sp³-hybridized carbons (Fsp3) is 0.357. The molecule has 1 aliphatic rings. The molecule has 90 valence electrons. The first kappa shape index (κ1) is 11.7. The van der Waals surface area contributed by atoms with Crippen LogP contribution in [-0.4, -0.2) is 12.1 Å². The Labute approximate surface area is 101 Å². The topological polar surface area (TPSA) is 38.3 Å². The molecule has 0 bridgehead atoms. The highest BCUT2D eigenvalue weighted by atomic mass is 16.5. The van der Waals surface area contributed by atoms with Crippen molar-refractivity contribution in [2.24, 2.45) is 5.92 Å². The Morgan fingerprint density at radius 1 is 1.29 bits per heavy atom. The summed E-state index contributed by atoms with van der Waals surface area (Å²) in [5.74, 6) is 0.0774. The Morgan fingerprint density at radius 3 is 2.65 bits per heavy atom. The highest BCUT2D eigenvalue weighted by Gasteiger charge is 2.24. The quantitative estimate of drug-likeness (QED) is 0.813. The Morgan fingerprint density at radius 2 is 2.00 bits per heavy atom. The third kappa shape index (κ3) is 3.09. The molecule has 0 radical (unpaired) electrons. The number of carbonyl (C=O) groups is 1. The van der Waals surface area contributed by atoms with E-state index in [0.717, 1.165) is 17.8 Å². The molecular formula is C14H17NO2. The molecular weight excluding hydrogens is 214 g/mol. The fourth-order valence-electron chi connectivity index (χ4n) is 1.81. The van der Waals surface area contributed by atoms with Crippen LogP contribution in [0.4, 0.5) is 5.69 Å².